The number of carbonyl (C=O) groups excluding carboxylic acids is 1. The first-order valence-electron chi connectivity index (χ1n) is 6.00. The number of methoxy groups -OCH3 is 1. The van der Waals surface area contributed by atoms with Crippen LogP contribution in [0.2, 0.25) is 0 Å². The fraction of sp³-hybridized carbons (Fsp3) is 0.500. The Labute approximate surface area is 109 Å². The SMILES string of the molecule is COc1cc(C)c(CN(C)C(=O)CN)c(C)c1C. The molecule has 0 aliphatic rings. The first-order valence-corrected chi connectivity index (χ1v) is 6.00. The standard InChI is InChI=1S/C14H22N2O2/c1-9-6-13(18-5)11(3)10(2)12(9)8-16(4)14(17)7-15/h6H,7-8,15H2,1-5H3. The van der Waals surface area contributed by atoms with Crippen LogP contribution in [0.5, 0.6) is 5.75 Å². The van der Waals surface area contributed by atoms with Gasteiger partial charge in [-0.2, -0.15) is 0 Å². The molecule has 1 amide bonds. The van der Waals surface area contributed by atoms with Gasteiger partial charge in [0.2, 0.25) is 5.91 Å². The first kappa shape index (κ1) is 14.5. The van der Waals surface area contributed by atoms with E-state index in [0.29, 0.717) is 6.54 Å². The lowest BCUT2D eigenvalue weighted by atomic mass is 9.97. The Hall–Kier alpha value is -1.55. The van der Waals surface area contributed by atoms with Crippen molar-refractivity contribution in [3.05, 3.63) is 28.3 Å². The first-order chi connectivity index (χ1) is 8.42. The van der Waals surface area contributed by atoms with Gasteiger partial charge < -0.3 is 15.4 Å². The summed E-state index contributed by atoms with van der Waals surface area (Å²) in [5.74, 6) is 0.837. The van der Waals surface area contributed by atoms with E-state index in [2.05, 4.69) is 6.92 Å². The molecular formula is C14H22N2O2. The Morgan fingerprint density at radius 3 is 2.44 bits per heavy atom. The van der Waals surface area contributed by atoms with E-state index in [1.165, 1.54) is 5.56 Å². The normalized spacial score (nSPS) is 10.3. The number of likely N-dealkylation sites (N-methyl/N-ethyl adjacent to an activating group) is 1. The van der Waals surface area contributed by atoms with E-state index in [0.717, 1.165) is 22.4 Å². The number of benzene rings is 1. The summed E-state index contributed by atoms with van der Waals surface area (Å²) in [5.41, 5.74) is 9.95. The van der Waals surface area contributed by atoms with Gasteiger partial charge in [0.1, 0.15) is 5.75 Å². The minimum absolute atomic E-state index is 0.0454. The zero-order valence-corrected chi connectivity index (χ0v) is 11.8. The molecule has 1 aromatic rings. The van der Waals surface area contributed by atoms with Crippen LogP contribution in [0.4, 0.5) is 0 Å². The molecule has 100 valence electrons. The molecule has 0 atom stereocenters. The van der Waals surface area contributed by atoms with E-state index in [4.69, 9.17) is 10.5 Å². The summed E-state index contributed by atoms with van der Waals surface area (Å²) in [5, 5.41) is 0. The molecule has 18 heavy (non-hydrogen) atoms. The predicted molar refractivity (Wildman–Crippen MR) is 72.7 cm³/mol. The third kappa shape index (κ3) is 2.82. The van der Waals surface area contributed by atoms with Crippen molar-refractivity contribution in [1.29, 1.82) is 0 Å². The Morgan fingerprint density at radius 2 is 1.94 bits per heavy atom. The molecule has 1 aromatic carbocycles. The van der Waals surface area contributed by atoms with Gasteiger partial charge in [-0.15, -0.1) is 0 Å². The zero-order chi connectivity index (χ0) is 13.9. The third-order valence-corrected chi connectivity index (χ3v) is 3.42. The summed E-state index contributed by atoms with van der Waals surface area (Å²) in [7, 11) is 3.44. The third-order valence-electron chi connectivity index (χ3n) is 3.42. The molecule has 0 saturated carbocycles. The summed E-state index contributed by atoms with van der Waals surface area (Å²) in [6.45, 7) is 6.75. The van der Waals surface area contributed by atoms with Crippen molar-refractivity contribution in [2.24, 2.45) is 5.73 Å². The molecule has 0 saturated heterocycles. The Bertz CT molecular complexity index is 456. The summed E-state index contributed by atoms with van der Waals surface area (Å²) in [6, 6.07) is 2.01. The van der Waals surface area contributed by atoms with Gasteiger partial charge in [-0.3, -0.25) is 4.79 Å². The van der Waals surface area contributed by atoms with Gasteiger partial charge in [0.15, 0.2) is 0 Å². The van der Waals surface area contributed by atoms with Crippen LogP contribution in [0.1, 0.15) is 22.3 Å². The fourth-order valence-electron chi connectivity index (χ4n) is 2.04. The highest BCUT2D eigenvalue weighted by Crippen LogP contribution is 2.28. The highest BCUT2D eigenvalue weighted by atomic mass is 16.5. The van der Waals surface area contributed by atoms with Gasteiger partial charge in [-0.05, 0) is 49.1 Å². The highest BCUT2D eigenvalue weighted by Gasteiger charge is 2.14. The van der Waals surface area contributed by atoms with Gasteiger partial charge in [-0.25, -0.2) is 0 Å². The Morgan fingerprint density at radius 1 is 1.33 bits per heavy atom. The van der Waals surface area contributed by atoms with Gasteiger partial charge in [0.25, 0.3) is 0 Å². The van der Waals surface area contributed by atoms with Crippen LogP contribution < -0.4 is 10.5 Å². The molecule has 0 aliphatic heterocycles. The molecule has 4 heteroatoms. The lowest BCUT2D eigenvalue weighted by Gasteiger charge is -2.21. The molecule has 0 fully saturated rings. The average Bonchev–Trinajstić information content (AvgIpc) is 2.37. The molecule has 0 bridgehead atoms. The lowest BCUT2D eigenvalue weighted by Crippen LogP contribution is -2.32. The summed E-state index contributed by atoms with van der Waals surface area (Å²) in [4.78, 5) is 13.2. The molecule has 0 aliphatic carbocycles. The minimum Gasteiger partial charge on any atom is -0.496 e. The summed E-state index contributed by atoms with van der Waals surface area (Å²) in [6.07, 6.45) is 0. The smallest absolute Gasteiger partial charge is 0.236 e. The number of nitrogens with zero attached hydrogens (tertiary/aromatic N) is 1. The van der Waals surface area contributed by atoms with Gasteiger partial charge >= 0.3 is 0 Å². The molecule has 0 spiro atoms. The van der Waals surface area contributed by atoms with Crippen molar-refractivity contribution in [2.75, 3.05) is 20.7 Å². The molecule has 0 unspecified atom stereocenters. The van der Waals surface area contributed by atoms with Gasteiger partial charge in [0, 0.05) is 13.6 Å². The maximum absolute atomic E-state index is 11.5. The second-order valence-corrected chi connectivity index (χ2v) is 4.58. The van der Waals surface area contributed by atoms with Crippen LogP contribution in [-0.4, -0.2) is 31.5 Å². The average molecular weight is 250 g/mol. The van der Waals surface area contributed by atoms with Crippen molar-refractivity contribution in [2.45, 2.75) is 27.3 Å². The van der Waals surface area contributed by atoms with Crippen molar-refractivity contribution in [3.8, 4) is 5.75 Å². The summed E-state index contributed by atoms with van der Waals surface area (Å²) >= 11 is 0. The van der Waals surface area contributed by atoms with E-state index < -0.39 is 0 Å². The van der Waals surface area contributed by atoms with Gasteiger partial charge in [-0.1, -0.05) is 0 Å². The molecule has 0 aromatic heterocycles. The predicted octanol–water partition coefficient (Wildman–Crippen LogP) is 1.54. The number of ether oxygens (including phenoxy) is 1. The maximum Gasteiger partial charge on any atom is 0.236 e. The lowest BCUT2D eigenvalue weighted by molar-refractivity contribution is -0.128. The van der Waals surface area contributed by atoms with Gasteiger partial charge in [0.05, 0.1) is 13.7 Å². The van der Waals surface area contributed by atoms with Crippen molar-refractivity contribution < 1.29 is 9.53 Å². The quantitative estimate of drug-likeness (QED) is 0.882. The number of nitrogens with two attached hydrogens (primary N) is 1. The second kappa shape index (κ2) is 5.87. The molecule has 1 rings (SSSR count). The topological polar surface area (TPSA) is 55.6 Å². The van der Waals surface area contributed by atoms with Crippen LogP contribution in [0.3, 0.4) is 0 Å². The van der Waals surface area contributed by atoms with E-state index in [1.54, 1.807) is 19.1 Å². The van der Waals surface area contributed by atoms with Crippen LogP contribution in [-0.2, 0) is 11.3 Å². The van der Waals surface area contributed by atoms with Crippen LogP contribution in [0, 0.1) is 20.8 Å². The van der Waals surface area contributed by atoms with Crippen LogP contribution in [0.25, 0.3) is 0 Å². The monoisotopic (exact) mass is 250 g/mol. The molecule has 4 nitrogen and oxygen atoms in total. The number of hydrogen-bond donors (Lipinski definition) is 1. The number of amides is 1. The zero-order valence-electron chi connectivity index (χ0n) is 11.8. The highest BCUT2D eigenvalue weighted by molar-refractivity contribution is 5.77. The van der Waals surface area contributed by atoms with E-state index >= 15 is 0 Å². The molecular weight excluding hydrogens is 228 g/mol. The molecule has 2 N–H and O–H groups in total. The summed E-state index contributed by atoms with van der Waals surface area (Å²) < 4.78 is 5.33. The fourth-order valence-corrected chi connectivity index (χ4v) is 2.04. The maximum atomic E-state index is 11.5. The van der Waals surface area contributed by atoms with E-state index in [-0.39, 0.29) is 12.5 Å². The minimum atomic E-state index is -0.0535. The molecule has 0 radical (unpaired) electrons. The number of aryl methyl sites for hydroxylation is 1. The Balaban J connectivity index is 3.10. The molecule has 0 heterocycles. The number of carbonyl (C=O) groups is 1. The second-order valence-electron chi connectivity index (χ2n) is 4.58. The number of rotatable bonds is 4. The van der Waals surface area contributed by atoms with E-state index in [1.807, 2.05) is 19.9 Å². The van der Waals surface area contributed by atoms with Crippen molar-refractivity contribution >= 4 is 5.91 Å². The van der Waals surface area contributed by atoms with Crippen LogP contribution >= 0.6 is 0 Å². The van der Waals surface area contributed by atoms with Crippen molar-refractivity contribution in [1.82, 2.24) is 4.90 Å². The Kier molecular flexibility index (Phi) is 4.73. The number of hydrogen-bond acceptors (Lipinski definition) is 3. The van der Waals surface area contributed by atoms with Crippen LogP contribution in [0.15, 0.2) is 6.07 Å². The van der Waals surface area contributed by atoms with Crippen molar-refractivity contribution in [3.63, 3.8) is 0 Å². The van der Waals surface area contributed by atoms with E-state index in [9.17, 15) is 4.79 Å². The largest absolute Gasteiger partial charge is 0.496 e.